The molecular formula is C24H29N3O2. The second-order valence-corrected chi connectivity index (χ2v) is 8.27. The van der Waals surface area contributed by atoms with Crippen LogP contribution in [0.4, 0.5) is 0 Å². The van der Waals surface area contributed by atoms with Crippen molar-refractivity contribution in [2.75, 3.05) is 19.6 Å². The maximum atomic E-state index is 12.3. The molecule has 5 heteroatoms. The van der Waals surface area contributed by atoms with Crippen LogP contribution >= 0.6 is 0 Å². The Morgan fingerprint density at radius 3 is 2.41 bits per heavy atom. The van der Waals surface area contributed by atoms with E-state index in [1.807, 2.05) is 30.3 Å². The maximum Gasteiger partial charge on any atom is 0.251 e. The second-order valence-electron chi connectivity index (χ2n) is 8.27. The summed E-state index contributed by atoms with van der Waals surface area (Å²) in [5, 5.41) is 2.96. The van der Waals surface area contributed by atoms with Gasteiger partial charge in [0, 0.05) is 49.4 Å². The molecule has 2 aromatic rings. The third-order valence-corrected chi connectivity index (χ3v) is 5.99. The Balaban J connectivity index is 1.20. The molecule has 2 heterocycles. The molecule has 2 aliphatic rings. The van der Waals surface area contributed by atoms with Crippen LogP contribution in [-0.2, 0) is 17.6 Å². The zero-order valence-corrected chi connectivity index (χ0v) is 16.8. The lowest BCUT2D eigenvalue weighted by Gasteiger charge is -2.32. The molecule has 0 spiro atoms. The predicted octanol–water partition coefficient (Wildman–Crippen LogP) is 3.25. The van der Waals surface area contributed by atoms with E-state index < -0.39 is 0 Å². The number of nitrogens with zero attached hydrogens (tertiary/aromatic N) is 2. The fourth-order valence-corrected chi connectivity index (χ4v) is 4.02. The zero-order valence-electron chi connectivity index (χ0n) is 16.8. The first-order chi connectivity index (χ1) is 14.2. The monoisotopic (exact) mass is 391 g/mol. The lowest BCUT2D eigenvalue weighted by molar-refractivity contribution is -0.133. The van der Waals surface area contributed by atoms with Crippen molar-refractivity contribution in [1.29, 1.82) is 0 Å². The highest BCUT2D eigenvalue weighted by Crippen LogP contribution is 2.32. The molecule has 1 aromatic carbocycles. The molecule has 1 aliphatic heterocycles. The molecule has 0 atom stereocenters. The molecule has 2 amide bonds. The maximum absolute atomic E-state index is 12.3. The van der Waals surface area contributed by atoms with Gasteiger partial charge in [-0.15, -0.1) is 0 Å². The summed E-state index contributed by atoms with van der Waals surface area (Å²) in [5.41, 5.74) is 2.94. The fourth-order valence-electron chi connectivity index (χ4n) is 4.02. The summed E-state index contributed by atoms with van der Waals surface area (Å²) in [6, 6.07) is 13.8. The van der Waals surface area contributed by atoms with Crippen molar-refractivity contribution in [3.8, 4) is 0 Å². The van der Waals surface area contributed by atoms with E-state index >= 15 is 0 Å². The third kappa shape index (κ3) is 5.43. The summed E-state index contributed by atoms with van der Waals surface area (Å²) in [4.78, 5) is 30.8. The highest BCUT2D eigenvalue weighted by Gasteiger charge is 2.34. The standard InChI is InChI=1S/C24H29N3O2/c28-23(26-14-10-22-3-1-2-13-25-22)20-6-4-18(5-7-20)17-19-11-15-27(16-12-19)24(29)21-8-9-21/h1-7,13,19,21H,8-12,14-17H2,(H,26,28). The molecule has 1 saturated heterocycles. The number of hydrogen-bond donors (Lipinski definition) is 1. The Morgan fingerprint density at radius 1 is 1.00 bits per heavy atom. The van der Waals surface area contributed by atoms with Gasteiger partial charge >= 0.3 is 0 Å². The Morgan fingerprint density at radius 2 is 1.76 bits per heavy atom. The van der Waals surface area contributed by atoms with Crippen molar-refractivity contribution in [3.63, 3.8) is 0 Å². The van der Waals surface area contributed by atoms with Crippen molar-refractivity contribution < 1.29 is 9.59 Å². The fraction of sp³-hybridized carbons (Fsp3) is 0.458. The molecule has 4 rings (SSSR count). The number of piperidine rings is 1. The molecule has 29 heavy (non-hydrogen) atoms. The SMILES string of the molecule is O=C(NCCc1ccccn1)c1ccc(CC2CCN(C(=O)C3CC3)CC2)cc1. The van der Waals surface area contributed by atoms with E-state index in [9.17, 15) is 9.59 Å². The zero-order chi connectivity index (χ0) is 20.1. The number of amides is 2. The van der Waals surface area contributed by atoms with Gasteiger partial charge in [-0.1, -0.05) is 18.2 Å². The number of benzene rings is 1. The van der Waals surface area contributed by atoms with Crippen LogP contribution in [0.2, 0.25) is 0 Å². The number of nitrogens with one attached hydrogen (secondary N) is 1. The smallest absolute Gasteiger partial charge is 0.251 e. The molecular weight excluding hydrogens is 362 g/mol. The number of rotatable bonds is 7. The van der Waals surface area contributed by atoms with Crippen molar-refractivity contribution in [2.24, 2.45) is 11.8 Å². The van der Waals surface area contributed by atoms with Gasteiger partial charge < -0.3 is 10.2 Å². The third-order valence-electron chi connectivity index (χ3n) is 5.99. The molecule has 5 nitrogen and oxygen atoms in total. The molecule has 152 valence electrons. The summed E-state index contributed by atoms with van der Waals surface area (Å²) in [7, 11) is 0. The minimum Gasteiger partial charge on any atom is -0.352 e. The van der Waals surface area contributed by atoms with Crippen molar-refractivity contribution in [3.05, 3.63) is 65.5 Å². The van der Waals surface area contributed by atoms with Crippen molar-refractivity contribution in [1.82, 2.24) is 15.2 Å². The van der Waals surface area contributed by atoms with Crippen LogP contribution in [0.1, 0.15) is 47.3 Å². The van der Waals surface area contributed by atoms with Gasteiger partial charge in [-0.25, -0.2) is 0 Å². The molecule has 1 aliphatic carbocycles. The lowest BCUT2D eigenvalue weighted by atomic mass is 9.89. The van der Waals surface area contributed by atoms with Crippen LogP contribution in [0.25, 0.3) is 0 Å². The van der Waals surface area contributed by atoms with Gasteiger partial charge in [0.25, 0.3) is 5.91 Å². The Bertz CT molecular complexity index is 823. The first-order valence-electron chi connectivity index (χ1n) is 10.7. The van der Waals surface area contributed by atoms with Crippen LogP contribution < -0.4 is 5.32 Å². The second kappa shape index (κ2) is 9.21. The number of aromatic nitrogens is 1. The van der Waals surface area contributed by atoms with Gasteiger partial charge in [0.2, 0.25) is 5.91 Å². The van der Waals surface area contributed by atoms with Crippen LogP contribution in [0.5, 0.6) is 0 Å². The highest BCUT2D eigenvalue weighted by atomic mass is 16.2. The largest absolute Gasteiger partial charge is 0.352 e. The van der Waals surface area contributed by atoms with Gasteiger partial charge in [0.1, 0.15) is 0 Å². The summed E-state index contributed by atoms with van der Waals surface area (Å²) in [6.07, 6.45) is 7.84. The molecule has 0 radical (unpaired) electrons. The number of hydrogen-bond acceptors (Lipinski definition) is 3. The molecule has 2 fully saturated rings. The highest BCUT2D eigenvalue weighted by molar-refractivity contribution is 5.94. The average molecular weight is 392 g/mol. The summed E-state index contributed by atoms with van der Waals surface area (Å²) in [5.74, 6) is 1.28. The van der Waals surface area contributed by atoms with Crippen LogP contribution in [0.15, 0.2) is 48.7 Å². The molecule has 1 aromatic heterocycles. The summed E-state index contributed by atoms with van der Waals surface area (Å²) in [6.45, 7) is 2.38. The normalized spacial score (nSPS) is 17.2. The number of carbonyl (C=O) groups excluding carboxylic acids is 2. The lowest BCUT2D eigenvalue weighted by Crippen LogP contribution is -2.39. The predicted molar refractivity (Wildman–Crippen MR) is 112 cm³/mol. The molecule has 0 unspecified atom stereocenters. The van der Waals surface area contributed by atoms with E-state index in [4.69, 9.17) is 0 Å². The van der Waals surface area contributed by atoms with Crippen molar-refractivity contribution in [2.45, 2.75) is 38.5 Å². The quantitative estimate of drug-likeness (QED) is 0.788. The van der Waals surface area contributed by atoms with Crippen LogP contribution in [0, 0.1) is 11.8 Å². The number of likely N-dealkylation sites (tertiary alicyclic amines) is 1. The average Bonchev–Trinajstić information content (AvgIpc) is 3.60. The van der Waals surface area contributed by atoms with E-state index in [2.05, 4.69) is 27.3 Å². The van der Waals surface area contributed by atoms with E-state index in [0.29, 0.717) is 29.9 Å². The van der Waals surface area contributed by atoms with Gasteiger partial charge in [0.05, 0.1) is 0 Å². The Hall–Kier alpha value is -2.69. The van der Waals surface area contributed by atoms with Gasteiger partial charge in [-0.05, 0) is 67.9 Å². The first kappa shape index (κ1) is 19.6. The topological polar surface area (TPSA) is 62.3 Å². The van der Waals surface area contributed by atoms with E-state index in [0.717, 1.165) is 57.3 Å². The molecule has 1 N–H and O–H groups in total. The minimum absolute atomic E-state index is 0.0422. The van der Waals surface area contributed by atoms with Crippen LogP contribution in [0.3, 0.4) is 0 Å². The summed E-state index contributed by atoms with van der Waals surface area (Å²) >= 11 is 0. The number of carbonyl (C=O) groups is 2. The van der Waals surface area contributed by atoms with Crippen LogP contribution in [-0.4, -0.2) is 41.3 Å². The van der Waals surface area contributed by atoms with Crippen molar-refractivity contribution >= 4 is 11.8 Å². The number of pyridine rings is 1. The van der Waals surface area contributed by atoms with Gasteiger partial charge in [-0.2, -0.15) is 0 Å². The van der Waals surface area contributed by atoms with Gasteiger partial charge in [-0.3, -0.25) is 14.6 Å². The Labute approximate surface area is 172 Å². The van der Waals surface area contributed by atoms with E-state index in [1.54, 1.807) is 6.20 Å². The van der Waals surface area contributed by atoms with Gasteiger partial charge in [0.15, 0.2) is 0 Å². The van der Waals surface area contributed by atoms with E-state index in [-0.39, 0.29) is 5.91 Å². The van der Waals surface area contributed by atoms with E-state index in [1.165, 1.54) is 5.56 Å². The minimum atomic E-state index is -0.0422. The molecule has 1 saturated carbocycles. The summed E-state index contributed by atoms with van der Waals surface area (Å²) < 4.78 is 0. The molecule has 0 bridgehead atoms. The first-order valence-corrected chi connectivity index (χ1v) is 10.7. The Kier molecular flexibility index (Phi) is 6.23.